The molecule has 1 amide bonds. The molecular weight excluding hydrogens is 386 g/mol. The number of piperazine rings is 1. The van der Waals surface area contributed by atoms with Gasteiger partial charge in [0.15, 0.2) is 6.54 Å². The van der Waals surface area contributed by atoms with Crippen molar-refractivity contribution >= 4 is 27.5 Å². The molecule has 2 aliphatic rings. The number of carbonyl (C=O) groups excluding carboxylic acids is 1. The number of sulfonamides is 1. The minimum atomic E-state index is -3.53. The van der Waals surface area contributed by atoms with Gasteiger partial charge in [0.25, 0.3) is 5.91 Å². The average molecular weight is 415 g/mol. The van der Waals surface area contributed by atoms with Gasteiger partial charge >= 0.3 is 0 Å². The molecule has 0 aliphatic carbocycles. The van der Waals surface area contributed by atoms with Crippen LogP contribution in [0.2, 0.25) is 5.02 Å². The first-order valence-corrected chi connectivity index (χ1v) is 11.6. The summed E-state index contributed by atoms with van der Waals surface area (Å²) in [6.45, 7) is 5.61. The molecule has 1 N–H and O–H groups in total. The predicted molar refractivity (Wildman–Crippen MR) is 105 cm³/mol. The van der Waals surface area contributed by atoms with Gasteiger partial charge in [-0.05, 0) is 43.9 Å². The Morgan fingerprint density at radius 3 is 2.63 bits per heavy atom. The molecule has 1 atom stereocenters. The molecule has 2 heterocycles. The normalized spacial score (nSPS) is 22.7. The third-order valence-electron chi connectivity index (χ3n) is 5.68. The Balaban J connectivity index is 1.56. The minimum absolute atomic E-state index is 0.211. The second-order valence-corrected chi connectivity index (χ2v) is 9.81. The van der Waals surface area contributed by atoms with E-state index in [1.807, 2.05) is 4.90 Å². The van der Waals surface area contributed by atoms with Crippen LogP contribution in [-0.2, 0) is 14.8 Å². The lowest BCUT2D eigenvalue weighted by Crippen LogP contribution is -3.15. The van der Waals surface area contributed by atoms with Gasteiger partial charge in [0.1, 0.15) is 0 Å². The molecular formula is C19H29ClN3O3S+. The Hall–Kier alpha value is -1.15. The van der Waals surface area contributed by atoms with Crippen LogP contribution in [0, 0.1) is 0 Å². The maximum atomic E-state index is 12.8. The van der Waals surface area contributed by atoms with E-state index in [2.05, 4.69) is 6.92 Å². The summed E-state index contributed by atoms with van der Waals surface area (Å²) in [5.74, 6) is 0.211. The van der Waals surface area contributed by atoms with Gasteiger partial charge in [-0.25, -0.2) is 8.42 Å². The van der Waals surface area contributed by atoms with Crippen LogP contribution < -0.4 is 4.90 Å². The van der Waals surface area contributed by atoms with E-state index in [4.69, 9.17) is 11.6 Å². The van der Waals surface area contributed by atoms with Gasteiger partial charge in [0, 0.05) is 17.6 Å². The van der Waals surface area contributed by atoms with Crippen LogP contribution in [0.15, 0.2) is 29.2 Å². The number of carbonyl (C=O) groups is 1. The first-order valence-electron chi connectivity index (χ1n) is 9.80. The highest BCUT2D eigenvalue weighted by Crippen LogP contribution is 2.20. The Kier molecular flexibility index (Phi) is 6.78. The topological polar surface area (TPSA) is 62.1 Å². The highest BCUT2D eigenvalue weighted by atomic mass is 35.5. The third kappa shape index (κ3) is 4.83. The molecule has 2 aliphatic heterocycles. The molecule has 0 unspecified atom stereocenters. The van der Waals surface area contributed by atoms with Crippen molar-refractivity contribution in [2.45, 2.75) is 43.5 Å². The van der Waals surface area contributed by atoms with Gasteiger partial charge in [0.05, 0.1) is 31.1 Å². The van der Waals surface area contributed by atoms with Crippen LogP contribution in [0.4, 0.5) is 0 Å². The summed E-state index contributed by atoms with van der Waals surface area (Å²) in [4.78, 5) is 16.2. The van der Waals surface area contributed by atoms with E-state index < -0.39 is 10.0 Å². The fourth-order valence-electron chi connectivity index (χ4n) is 4.06. The Labute approximate surface area is 167 Å². The highest BCUT2D eigenvalue weighted by Gasteiger charge is 2.33. The molecule has 0 bridgehead atoms. The van der Waals surface area contributed by atoms with Gasteiger partial charge in [-0.3, -0.25) is 4.79 Å². The molecule has 2 saturated heterocycles. The zero-order valence-electron chi connectivity index (χ0n) is 15.9. The summed E-state index contributed by atoms with van der Waals surface area (Å²) in [5.41, 5.74) is 0. The van der Waals surface area contributed by atoms with E-state index in [1.165, 1.54) is 16.8 Å². The van der Waals surface area contributed by atoms with Crippen molar-refractivity contribution in [3.63, 3.8) is 0 Å². The molecule has 6 nitrogen and oxygen atoms in total. The van der Waals surface area contributed by atoms with Crippen molar-refractivity contribution in [3.05, 3.63) is 29.3 Å². The molecule has 27 heavy (non-hydrogen) atoms. The van der Waals surface area contributed by atoms with Crippen molar-refractivity contribution in [2.24, 2.45) is 0 Å². The highest BCUT2D eigenvalue weighted by molar-refractivity contribution is 7.89. The molecule has 0 saturated carbocycles. The molecule has 2 fully saturated rings. The van der Waals surface area contributed by atoms with Crippen molar-refractivity contribution in [3.8, 4) is 0 Å². The lowest BCUT2D eigenvalue weighted by Gasteiger charge is -2.37. The van der Waals surface area contributed by atoms with Crippen molar-refractivity contribution in [2.75, 3.05) is 39.3 Å². The van der Waals surface area contributed by atoms with Crippen LogP contribution in [0.5, 0.6) is 0 Å². The summed E-state index contributed by atoms with van der Waals surface area (Å²) < 4.78 is 27.1. The molecule has 1 aromatic rings. The number of nitrogens with zero attached hydrogens (tertiary/aromatic N) is 2. The number of halogens is 1. The van der Waals surface area contributed by atoms with Gasteiger partial charge in [-0.1, -0.05) is 24.6 Å². The number of likely N-dealkylation sites (tertiary alicyclic amines) is 1. The van der Waals surface area contributed by atoms with E-state index in [9.17, 15) is 13.2 Å². The lowest BCUT2D eigenvalue weighted by atomic mass is 10.00. The number of piperidine rings is 1. The fraction of sp³-hybridized carbons (Fsp3) is 0.632. The van der Waals surface area contributed by atoms with E-state index in [0.717, 1.165) is 30.7 Å². The standard InChI is InChI=1S/C19H28ClN3O3S/c1-2-17-7-3-4-9-23(17)19(24)15-21-10-12-22(13-11-21)27(25,26)18-8-5-6-16(20)14-18/h5-6,8,14,17H,2-4,7,9-13,15H2,1H3/p+1/t17-/m1/s1. The van der Waals surface area contributed by atoms with Crippen LogP contribution in [0.1, 0.15) is 32.6 Å². The Morgan fingerprint density at radius 2 is 1.96 bits per heavy atom. The molecule has 3 rings (SSSR count). The average Bonchev–Trinajstić information content (AvgIpc) is 2.68. The van der Waals surface area contributed by atoms with Crippen LogP contribution in [0.25, 0.3) is 0 Å². The maximum absolute atomic E-state index is 12.8. The van der Waals surface area contributed by atoms with Crippen LogP contribution in [0.3, 0.4) is 0 Å². The van der Waals surface area contributed by atoms with Crippen molar-refractivity contribution in [1.82, 2.24) is 9.21 Å². The van der Waals surface area contributed by atoms with Crippen LogP contribution >= 0.6 is 11.6 Å². The Bertz CT molecular complexity index is 763. The monoisotopic (exact) mass is 414 g/mol. The zero-order valence-corrected chi connectivity index (χ0v) is 17.4. The van der Waals surface area contributed by atoms with Crippen LogP contribution in [-0.4, -0.2) is 68.8 Å². The summed E-state index contributed by atoms with van der Waals surface area (Å²) in [7, 11) is -3.53. The van der Waals surface area contributed by atoms with Gasteiger partial charge in [-0.15, -0.1) is 0 Å². The molecule has 0 spiro atoms. The smallest absolute Gasteiger partial charge is 0.278 e. The summed E-state index contributed by atoms with van der Waals surface area (Å²) >= 11 is 5.94. The first kappa shape index (κ1) is 20.6. The number of hydrogen-bond donors (Lipinski definition) is 1. The molecule has 150 valence electrons. The second-order valence-electron chi connectivity index (χ2n) is 7.43. The number of amides is 1. The fourth-order valence-corrected chi connectivity index (χ4v) is 5.81. The third-order valence-corrected chi connectivity index (χ3v) is 7.81. The Morgan fingerprint density at radius 1 is 1.22 bits per heavy atom. The quantitative estimate of drug-likeness (QED) is 0.782. The largest absolute Gasteiger partial charge is 0.335 e. The molecule has 1 aromatic carbocycles. The number of nitrogens with one attached hydrogen (secondary N) is 1. The number of hydrogen-bond acceptors (Lipinski definition) is 3. The molecule has 0 aromatic heterocycles. The predicted octanol–water partition coefficient (Wildman–Crippen LogP) is 1.02. The SMILES string of the molecule is CC[C@@H]1CCCCN1C(=O)C[NH+]1CCN(S(=O)(=O)c2cccc(Cl)c2)CC1. The maximum Gasteiger partial charge on any atom is 0.278 e. The molecule has 8 heteroatoms. The van der Waals surface area contributed by atoms with Gasteiger partial charge in [0.2, 0.25) is 10.0 Å². The summed E-state index contributed by atoms with van der Waals surface area (Å²) in [6, 6.07) is 6.75. The van der Waals surface area contributed by atoms with Crippen molar-refractivity contribution < 1.29 is 18.1 Å². The van der Waals surface area contributed by atoms with Gasteiger partial charge in [-0.2, -0.15) is 4.31 Å². The number of benzene rings is 1. The first-order chi connectivity index (χ1) is 12.9. The van der Waals surface area contributed by atoms with E-state index in [-0.39, 0.29) is 10.8 Å². The summed E-state index contributed by atoms with van der Waals surface area (Å²) in [6.07, 6.45) is 4.40. The number of quaternary nitrogens is 1. The zero-order chi connectivity index (χ0) is 19.4. The molecule has 0 radical (unpaired) electrons. The van der Waals surface area contributed by atoms with E-state index >= 15 is 0 Å². The van der Waals surface area contributed by atoms with Gasteiger partial charge < -0.3 is 9.80 Å². The minimum Gasteiger partial charge on any atom is -0.335 e. The van der Waals surface area contributed by atoms with Crippen molar-refractivity contribution in [1.29, 1.82) is 0 Å². The second kappa shape index (κ2) is 8.90. The van der Waals surface area contributed by atoms with E-state index in [0.29, 0.717) is 43.8 Å². The number of rotatable bonds is 5. The van der Waals surface area contributed by atoms with E-state index in [1.54, 1.807) is 18.2 Å². The lowest BCUT2D eigenvalue weighted by molar-refractivity contribution is -0.896. The summed E-state index contributed by atoms with van der Waals surface area (Å²) in [5, 5.41) is 0.415.